The molecule has 1 aliphatic heterocycles. The summed E-state index contributed by atoms with van der Waals surface area (Å²) >= 11 is 0. The summed E-state index contributed by atoms with van der Waals surface area (Å²) in [5.74, 6) is -1.45. The van der Waals surface area contributed by atoms with Gasteiger partial charge in [0.1, 0.15) is 12.7 Å². The molecular weight excluding hydrogens is 250 g/mol. The summed E-state index contributed by atoms with van der Waals surface area (Å²) in [4.78, 5) is 20.6. The van der Waals surface area contributed by atoms with Gasteiger partial charge in [0.15, 0.2) is 0 Å². The van der Waals surface area contributed by atoms with E-state index < -0.39 is 5.97 Å². The second-order valence-corrected chi connectivity index (χ2v) is 3.63. The van der Waals surface area contributed by atoms with Gasteiger partial charge < -0.3 is 14.6 Å². The number of rotatable bonds is 5. The van der Waals surface area contributed by atoms with Crippen LogP contribution in [0.3, 0.4) is 0 Å². The minimum absolute atomic E-state index is 0.0865. The number of epoxide rings is 1. The Morgan fingerprint density at radius 1 is 1.58 bits per heavy atom. The molecular formula is C13H15NO5. The van der Waals surface area contributed by atoms with Gasteiger partial charge in [0.2, 0.25) is 0 Å². The Morgan fingerprint density at radius 2 is 2.16 bits per heavy atom. The van der Waals surface area contributed by atoms with Gasteiger partial charge in [-0.25, -0.2) is 9.59 Å². The summed E-state index contributed by atoms with van der Waals surface area (Å²) in [5, 5.41) is 16.1. The Balaban J connectivity index is 0.000000344. The molecule has 19 heavy (non-hydrogen) atoms. The highest BCUT2D eigenvalue weighted by Crippen LogP contribution is 2.09. The first-order valence-electron chi connectivity index (χ1n) is 5.31. The molecule has 102 valence electrons. The van der Waals surface area contributed by atoms with Crippen molar-refractivity contribution in [3.63, 3.8) is 0 Å². The van der Waals surface area contributed by atoms with E-state index in [1.807, 2.05) is 0 Å². The van der Waals surface area contributed by atoms with Gasteiger partial charge >= 0.3 is 11.9 Å². The van der Waals surface area contributed by atoms with Gasteiger partial charge in [0.25, 0.3) is 0 Å². The maximum atomic E-state index is 10.7. The number of carboxylic acids is 1. The van der Waals surface area contributed by atoms with E-state index in [0.717, 1.165) is 12.2 Å². The molecule has 1 heterocycles. The van der Waals surface area contributed by atoms with Crippen LogP contribution >= 0.6 is 0 Å². The quantitative estimate of drug-likeness (QED) is 0.264. The third-order valence-corrected chi connectivity index (χ3v) is 1.78. The van der Waals surface area contributed by atoms with Crippen molar-refractivity contribution < 1.29 is 24.2 Å². The molecule has 1 unspecified atom stereocenters. The van der Waals surface area contributed by atoms with Crippen LogP contribution in [0.25, 0.3) is 0 Å². The van der Waals surface area contributed by atoms with Gasteiger partial charge in [-0.15, -0.1) is 0 Å². The molecule has 1 atom stereocenters. The molecule has 1 aliphatic rings. The molecule has 0 amide bonds. The number of carbonyl (C=O) groups excluding carboxylic acids is 1. The molecule has 0 saturated carbocycles. The topological polar surface area (TPSA) is 99.9 Å². The number of hydrogen-bond acceptors (Lipinski definition) is 5. The molecule has 0 radical (unpaired) electrons. The first kappa shape index (κ1) is 16.6. The maximum Gasteiger partial charge on any atom is 0.335 e. The number of esters is 1. The Labute approximate surface area is 111 Å². The average Bonchev–Trinajstić information content (AvgIpc) is 3.17. The minimum Gasteiger partial charge on any atom is -0.478 e. The summed E-state index contributed by atoms with van der Waals surface area (Å²) in [6.45, 7) is 9.29. The molecule has 0 aliphatic carbocycles. The number of allylic oxidation sites excluding steroid dienone is 1. The van der Waals surface area contributed by atoms with E-state index in [9.17, 15) is 9.59 Å². The number of carboxylic acid groups (broad SMARTS) is 1. The third-order valence-electron chi connectivity index (χ3n) is 1.78. The highest BCUT2D eigenvalue weighted by molar-refractivity contribution is 5.89. The molecule has 1 fully saturated rings. The number of hydrogen-bond donors (Lipinski definition) is 1. The van der Waals surface area contributed by atoms with Crippen LogP contribution in [0.1, 0.15) is 6.92 Å². The number of carbonyl (C=O) groups is 2. The smallest absolute Gasteiger partial charge is 0.335 e. The lowest BCUT2D eigenvalue weighted by atomic mass is 10.3. The Kier molecular flexibility index (Phi) is 7.57. The molecule has 0 bridgehead atoms. The van der Waals surface area contributed by atoms with Crippen molar-refractivity contribution in [1.82, 2.24) is 0 Å². The summed E-state index contributed by atoms with van der Waals surface area (Å²) in [6.07, 6.45) is 2.35. The zero-order valence-corrected chi connectivity index (χ0v) is 10.6. The highest BCUT2D eigenvalue weighted by atomic mass is 16.6. The van der Waals surface area contributed by atoms with E-state index in [1.165, 1.54) is 0 Å². The third kappa shape index (κ3) is 9.32. The van der Waals surface area contributed by atoms with Crippen molar-refractivity contribution in [1.29, 1.82) is 5.26 Å². The molecule has 0 aromatic rings. The molecule has 6 nitrogen and oxygen atoms in total. The second-order valence-electron chi connectivity index (χ2n) is 3.63. The number of nitriles is 1. The monoisotopic (exact) mass is 265 g/mol. The van der Waals surface area contributed by atoms with Crippen molar-refractivity contribution in [2.75, 3.05) is 13.2 Å². The van der Waals surface area contributed by atoms with E-state index >= 15 is 0 Å². The van der Waals surface area contributed by atoms with E-state index in [0.29, 0.717) is 18.8 Å². The van der Waals surface area contributed by atoms with Crippen LogP contribution < -0.4 is 0 Å². The summed E-state index contributed by atoms with van der Waals surface area (Å²) in [5.41, 5.74) is 0.345. The van der Waals surface area contributed by atoms with E-state index in [2.05, 4.69) is 13.2 Å². The predicted octanol–water partition coefficient (Wildman–Crippen LogP) is 1.21. The van der Waals surface area contributed by atoms with Crippen LogP contribution in [0.5, 0.6) is 0 Å². The predicted molar refractivity (Wildman–Crippen MR) is 67.0 cm³/mol. The van der Waals surface area contributed by atoms with Crippen LogP contribution in [0.4, 0.5) is 0 Å². The number of nitrogens with zero attached hydrogens (tertiary/aromatic N) is 1. The fourth-order valence-electron chi connectivity index (χ4n) is 0.665. The van der Waals surface area contributed by atoms with Crippen LogP contribution in [-0.4, -0.2) is 36.4 Å². The lowest BCUT2D eigenvalue weighted by Gasteiger charge is -1.99. The zero-order chi connectivity index (χ0) is 14.8. The van der Waals surface area contributed by atoms with Gasteiger partial charge in [0.05, 0.1) is 18.2 Å². The normalized spacial score (nSPS) is 15.7. The number of aliphatic carboxylic acids is 1. The molecule has 0 spiro atoms. The Bertz CT molecular complexity index is 440. The van der Waals surface area contributed by atoms with Crippen LogP contribution in [0.2, 0.25) is 0 Å². The summed E-state index contributed by atoms with van der Waals surface area (Å²) < 4.78 is 9.60. The van der Waals surface area contributed by atoms with Crippen molar-refractivity contribution in [3.05, 3.63) is 36.5 Å². The van der Waals surface area contributed by atoms with Crippen LogP contribution in [0.15, 0.2) is 36.5 Å². The highest BCUT2D eigenvalue weighted by Gasteiger charge is 2.24. The SMILES string of the molecule is C=C(C)C(=O)OCC1CO1.C=C(C=CC#N)C(=O)O. The molecule has 6 heteroatoms. The molecule has 1 saturated heterocycles. The van der Waals surface area contributed by atoms with Gasteiger partial charge in [0, 0.05) is 11.6 Å². The zero-order valence-electron chi connectivity index (χ0n) is 10.6. The molecule has 0 aromatic heterocycles. The standard InChI is InChI=1S/C7H10O3.C6H5NO2/c1-5(2)7(8)10-4-6-3-9-6;1-5(6(8)9)3-2-4-7/h6H,1,3-4H2,2H3;2-3H,1H2,(H,8,9). The van der Waals surface area contributed by atoms with Gasteiger partial charge in [-0.3, -0.25) is 0 Å². The summed E-state index contributed by atoms with van der Waals surface area (Å²) in [6, 6.07) is 1.65. The van der Waals surface area contributed by atoms with Gasteiger partial charge in [-0.1, -0.05) is 13.2 Å². The van der Waals surface area contributed by atoms with Crippen molar-refractivity contribution in [2.45, 2.75) is 13.0 Å². The van der Waals surface area contributed by atoms with Crippen LogP contribution in [0, 0.1) is 11.3 Å². The van der Waals surface area contributed by atoms with Gasteiger partial charge in [-0.2, -0.15) is 5.26 Å². The summed E-state index contributed by atoms with van der Waals surface area (Å²) in [7, 11) is 0. The first-order chi connectivity index (χ1) is 8.88. The fourth-order valence-corrected chi connectivity index (χ4v) is 0.665. The average molecular weight is 265 g/mol. The van der Waals surface area contributed by atoms with E-state index in [4.69, 9.17) is 19.8 Å². The van der Waals surface area contributed by atoms with Crippen molar-refractivity contribution >= 4 is 11.9 Å². The minimum atomic E-state index is -1.11. The second kappa shape index (κ2) is 8.66. The molecule has 0 aromatic carbocycles. The lowest BCUT2D eigenvalue weighted by Crippen LogP contribution is -2.09. The Morgan fingerprint density at radius 3 is 2.53 bits per heavy atom. The van der Waals surface area contributed by atoms with Gasteiger partial charge in [-0.05, 0) is 13.0 Å². The first-order valence-corrected chi connectivity index (χ1v) is 5.31. The largest absolute Gasteiger partial charge is 0.478 e. The van der Waals surface area contributed by atoms with Crippen molar-refractivity contribution in [2.24, 2.45) is 0 Å². The lowest BCUT2D eigenvalue weighted by molar-refractivity contribution is -0.139. The van der Waals surface area contributed by atoms with Crippen molar-refractivity contribution in [3.8, 4) is 6.07 Å². The van der Waals surface area contributed by atoms with Crippen LogP contribution in [-0.2, 0) is 19.1 Å². The van der Waals surface area contributed by atoms with E-state index in [-0.39, 0.29) is 17.6 Å². The number of ether oxygens (including phenoxy) is 2. The molecule has 1 N–H and O–H groups in total. The molecule has 1 rings (SSSR count). The van der Waals surface area contributed by atoms with E-state index in [1.54, 1.807) is 13.0 Å². The fraction of sp³-hybridized carbons (Fsp3) is 0.308. The maximum absolute atomic E-state index is 10.7. The Hall–Kier alpha value is -2.39.